The molecule has 0 aliphatic carbocycles. The van der Waals surface area contributed by atoms with Gasteiger partial charge in [-0.1, -0.05) is 48.0 Å². The Labute approximate surface area is 193 Å². The van der Waals surface area contributed by atoms with Gasteiger partial charge in [-0.15, -0.1) is 11.3 Å². The number of ether oxygens (including phenoxy) is 1. The Kier molecular flexibility index (Phi) is 4.25. The molecule has 1 aliphatic heterocycles. The summed E-state index contributed by atoms with van der Waals surface area (Å²) in [6.45, 7) is 2.04. The van der Waals surface area contributed by atoms with Gasteiger partial charge in [0.1, 0.15) is 5.75 Å². The van der Waals surface area contributed by atoms with Gasteiger partial charge in [0.15, 0.2) is 6.10 Å². The topological polar surface area (TPSA) is 58.2 Å². The number of para-hydroxylation sites is 2. The van der Waals surface area contributed by atoms with Crippen molar-refractivity contribution >= 4 is 22.2 Å². The van der Waals surface area contributed by atoms with Crippen LogP contribution in [0.3, 0.4) is 0 Å². The van der Waals surface area contributed by atoms with Crippen molar-refractivity contribution in [3.8, 4) is 22.7 Å². The molecule has 0 fully saturated rings. The van der Waals surface area contributed by atoms with Crippen molar-refractivity contribution in [1.82, 2.24) is 13.7 Å². The lowest BCUT2D eigenvalue weighted by atomic mass is 10.1. The molecule has 5 aromatic rings. The number of hydrogen-bond donors (Lipinski definition) is 0. The number of hydrogen-bond acceptors (Lipinski definition) is 4. The third-order valence-electron chi connectivity index (χ3n) is 6.33. The number of nitrogens with zero attached hydrogens (tertiary/aromatic N) is 3. The minimum atomic E-state index is -0.445. The third-order valence-corrected chi connectivity index (χ3v) is 7.25. The Hall–Kier alpha value is -3.84. The molecular weight excluding hydrogens is 434 g/mol. The monoisotopic (exact) mass is 455 g/mol. The van der Waals surface area contributed by atoms with E-state index < -0.39 is 6.10 Å². The zero-order valence-corrected chi connectivity index (χ0v) is 19.2. The quantitative estimate of drug-likeness (QED) is 0.393. The van der Waals surface area contributed by atoms with E-state index in [0.717, 1.165) is 38.8 Å². The summed E-state index contributed by atoms with van der Waals surface area (Å²) in [5, 5.41) is 2.52. The van der Waals surface area contributed by atoms with E-state index in [2.05, 4.69) is 4.57 Å². The number of thiophene rings is 1. The minimum Gasteiger partial charge on any atom is -0.476 e. The van der Waals surface area contributed by atoms with E-state index in [4.69, 9.17) is 4.74 Å². The lowest BCUT2D eigenvalue weighted by Gasteiger charge is -2.29. The maximum atomic E-state index is 13.6. The molecule has 7 heteroatoms. The average molecular weight is 456 g/mol. The molecule has 0 saturated heterocycles. The van der Waals surface area contributed by atoms with Crippen LogP contribution in [0.15, 0.2) is 75.6 Å². The number of aryl methyl sites for hydroxylation is 2. The highest BCUT2D eigenvalue weighted by atomic mass is 32.1. The Morgan fingerprint density at radius 1 is 0.909 bits per heavy atom. The van der Waals surface area contributed by atoms with Gasteiger partial charge in [-0.05, 0) is 36.1 Å². The molecule has 1 atom stereocenters. The zero-order chi connectivity index (χ0) is 22.9. The van der Waals surface area contributed by atoms with Crippen LogP contribution in [0.5, 0.6) is 5.75 Å². The predicted molar refractivity (Wildman–Crippen MR) is 131 cm³/mol. The molecule has 1 aliphatic rings. The van der Waals surface area contributed by atoms with Crippen molar-refractivity contribution in [2.45, 2.75) is 13.0 Å². The third kappa shape index (κ3) is 2.72. The fourth-order valence-electron chi connectivity index (χ4n) is 4.73. The van der Waals surface area contributed by atoms with Gasteiger partial charge in [0.05, 0.1) is 32.9 Å². The Morgan fingerprint density at radius 2 is 1.67 bits per heavy atom. The van der Waals surface area contributed by atoms with Gasteiger partial charge in [0.25, 0.3) is 5.56 Å². The van der Waals surface area contributed by atoms with Gasteiger partial charge < -0.3 is 9.30 Å². The molecule has 0 radical (unpaired) electrons. The van der Waals surface area contributed by atoms with Crippen LogP contribution in [0.4, 0.5) is 0 Å². The van der Waals surface area contributed by atoms with Crippen molar-refractivity contribution in [3.05, 3.63) is 103 Å². The van der Waals surface area contributed by atoms with Gasteiger partial charge in [-0.25, -0.2) is 4.79 Å². The van der Waals surface area contributed by atoms with Crippen molar-refractivity contribution in [1.29, 1.82) is 0 Å². The molecule has 0 spiro atoms. The second-order valence-electron chi connectivity index (χ2n) is 8.35. The van der Waals surface area contributed by atoms with Crippen molar-refractivity contribution in [2.75, 3.05) is 0 Å². The average Bonchev–Trinajstić information content (AvgIpc) is 3.48. The van der Waals surface area contributed by atoms with E-state index in [1.54, 1.807) is 23.0 Å². The molecule has 0 saturated carbocycles. The fraction of sp³-hybridized carbons (Fsp3) is 0.154. The summed E-state index contributed by atoms with van der Waals surface area (Å²) in [5.74, 6) is 0.735. The predicted octanol–water partition coefficient (Wildman–Crippen LogP) is 4.55. The zero-order valence-electron chi connectivity index (χ0n) is 18.4. The largest absolute Gasteiger partial charge is 0.476 e. The van der Waals surface area contributed by atoms with E-state index in [-0.39, 0.29) is 11.2 Å². The first-order valence-corrected chi connectivity index (χ1v) is 11.6. The first-order chi connectivity index (χ1) is 16.0. The lowest BCUT2D eigenvalue weighted by molar-refractivity contribution is 0.233. The van der Waals surface area contributed by atoms with Gasteiger partial charge in [-0.2, -0.15) is 0 Å². The molecule has 0 unspecified atom stereocenters. The molecule has 164 valence electrons. The molecule has 2 aromatic carbocycles. The van der Waals surface area contributed by atoms with Crippen LogP contribution >= 0.6 is 11.3 Å². The first-order valence-electron chi connectivity index (χ1n) is 10.7. The molecule has 0 bridgehead atoms. The van der Waals surface area contributed by atoms with Crippen molar-refractivity contribution in [2.24, 2.45) is 14.1 Å². The summed E-state index contributed by atoms with van der Waals surface area (Å²) in [7, 11) is 3.25. The SMILES string of the molecule is Cc1ccc(-c2c3c(=O)n(C)c(=O)n(C)c3c3n2-c2ccccc2O[C@H]3c2cccs2)cc1. The summed E-state index contributed by atoms with van der Waals surface area (Å²) >= 11 is 1.59. The van der Waals surface area contributed by atoms with Crippen LogP contribution in [0.2, 0.25) is 0 Å². The summed E-state index contributed by atoms with van der Waals surface area (Å²) in [6.07, 6.45) is -0.445. The molecule has 33 heavy (non-hydrogen) atoms. The highest BCUT2D eigenvalue weighted by Crippen LogP contribution is 2.47. The van der Waals surface area contributed by atoms with Gasteiger partial charge in [0, 0.05) is 14.1 Å². The molecule has 6 nitrogen and oxygen atoms in total. The number of benzene rings is 2. The summed E-state index contributed by atoms with van der Waals surface area (Å²) in [4.78, 5) is 27.6. The first kappa shape index (κ1) is 19.8. The Morgan fingerprint density at radius 3 is 2.39 bits per heavy atom. The smallest absolute Gasteiger partial charge is 0.331 e. The standard InChI is InChI=1S/C26H21N3O3S/c1-15-10-12-16(13-11-15)21-20-22(27(2)26(31)28(3)25(20)30)23-24(19-9-6-14-33-19)32-18-8-5-4-7-17(18)29(21)23/h4-14,24H,1-3H3/t24-/m0/s1. The van der Waals surface area contributed by atoms with Crippen LogP contribution in [-0.2, 0) is 14.1 Å². The molecule has 4 heterocycles. The second kappa shape index (κ2) is 7.08. The number of fused-ring (bicyclic) bond motifs is 5. The van der Waals surface area contributed by atoms with E-state index in [1.165, 1.54) is 11.6 Å². The lowest BCUT2D eigenvalue weighted by Crippen LogP contribution is -2.37. The molecule has 3 aromatic heterocycles. The molecule has 0 N–H and O–H groups in total. The van der Waals surface area contributed by atoms with E-state index >= 15 is 0 Å². The van der Waals surface area contributed by atoms with Crippen LogP contribution in [0.1, 0.15) is 22.2 Å². The normalized spacial score (nSPS) is 14.7. The van der Waals surface area contributed by atoms with E-state index in [0.29, 0.717) is 10.9 Å². The number of rotatable bonds is 2. The number of aromatic nitrogens is 3. The van der Waals surface area contributed by atoms with Crippen LogP contribution in [-0.4, -0.2) is 13.7 Å². The maximum absolute atomic E-state index is 13.6. The highest BCUT2D eigenvalue weighted by Gasteiger charge is 2.36. The van der Waals surface area contributed by atoms with Crippen LogP contribution in [0, 0.1) is 6.92 Å². The van der Waals surface area contributed by atoms with Crippen molar-refractivity contribution < 1.29 is 4.74 Å². The van der Waals surface area contributed by atoms with Crippen LogP contribution in [0.25, 0.3) is 27.8 Å². The van der Waals surface area contributed by atoms with E-state index in [1.807, 2.05) is 73.0 Å². The van der Waals surface area contributed by atoms with Gasteiger partial charge in [0.2, 0.25) is 0 Å². The maximum Gasteiger partial charge on any atom is 0.331 e. The molecular formula is C26H21N3O3S. The van der Waals surface area contributed by atoms with Crippen molar-refractivity contribution in [3.63, 3.8) is 0 Å². The fourth-order valence-corrected chi connectivity index (χ4v) is 5.48. The van der Waals surface area contributed by atoms with E-state index in [9.17, 15) is 9.59 Å². The van der Waals surface area contributed by atoms with Gasteiger partial charge >= 0.3 is 5.69 Å². The second-order valence-corrected chi connectivity index (χ2v) is 9.32. The summed E-state index contributed by atoms with van der Waals surface area (Å²) < 4.78 is 11.4. The minimum absolute atomic E-state index is 0.312. The molecule has 0 amide bonds. The summed E-state index contributed by atoms with van der Waals surface area (Å²) in [6, 6.07) is 20.0. The highest BCUT2D eigenvalue weighted by molar-refractivity contribution is 7.10. The summed E-state index contributed by atoms with van der Waals surface area (Å²) in [5.41, 5.74) is 4.39. The molecule has 6 rings (SSSR count). The Balaban J connectivity index is 1.88. The Bertz CT molecular complexity index is 1650. The van der Waals surface area contributed by atoms with Crippen LogP contribution < -0.4 is 16.0 Å². The van der Waals surface area contributed by atoms with Gasteiger partial charge in [-0.3, -0.25) is 13.9 Å².